The van der Waals surface area contributed by atoms with Crippen LogP contribution in [0.5, 0.6) is 0 Å². The molecule has 1 N–H and O–H groups in total. The summed E-state index contributed by atoms with van der Waals surface area (Å²) in [4.78, 5) is 20.2. The molecule has 13 heteroatoms. The van der Waals surface area contributed by atoms with E-state index in [0.29, 0.717) is 5.92 Å². The number of likely N-dealkylation sites (tertiary alicyclic amines) is 1. The number of halogens is 5. The predicted molar refractivity (Wildman–Crippen MR) is 245 cm³/mol. The molecule has 10 rings (SSSR count). The fourth-order valence-corrected chi connectivity index (χ4v) is 9.84. The van der Waals surface area contributed by atoms with E-state index < -0.39 is 0 Å². The molecular formula is C46H53Cl5N8. The first kappa shape index (κ1) is 45.1. The number of aromatic nitrogens is 6. The number of fused-ring (bicyclic) bond motifs is 4. The van der Waals surface area contributed by atoms with E-state index in [2.05, 4.69) is 70.8 Å². The maximum atomic E-state index is 6.53. The standard InChI is InChI=1S/C23H25ClN4.C14H11Cl2N.C9H15N3.2ClH/c24-20-7-8-21-19(13-20)6-5-18-4-1-9-26-22(18)23(21)28-11-2-3-17(15-28)14-27-12-10-25-16-27;15-11-5-6-12-10(8-11)4-3-9-2-1-7-17-14(9)13(12)16;1-2-9(6-10-3-1)7-12-5-4-11-8-12;;/h1,4,7-10,12-13,16-17,23H,2-3,5-6,11,14-15H2;1-2,5-8,13H,3-4H2;4-5,8-10H,1-3,6-7H2;2*1H/t17-,23?;;9-;;/m1.0../s1. The quantitative estimate of drug-likeness (QED) is 0.174. The zero-order chi connectivity index (χ0) is 39.0. The Morgan fingerprint density at radius 1 is 0.644 bits per heavy atom. The third kappa shape index (κ3) is 11.5. The first-order valence-corrected chi connectivity index (χ1v) is 21.6. The van der Waals surface area contributed by atoms with Crippen LogP contribution in [0.1, 0.15) is 81.9 Å². The molecule has 0 saturated carbocycles. The summed E-state index contributed by atoms with van der Waals surface area (Å²) in [5, 5.41) is 4.84. The Morgan fingerprint density at radius 2 is 1.22 bits per heavy atom. The molecule has 2 aliphatic carbocycles. The van der Waals surface area contributed by atoms with Crippen LogP contribution in [0.4, 0.5) is 0 Å². The number of imidazole rings is 2. The minimum atomic E-state index is -0.166. The third-order valence-electron chi connectivity index (χ3n) is 11.8. The molecule has 6 heterocycles. The van der Waals surface area contributed by atoms with Gasteiger partial charge in [0, 0.05) is 66.9 Å². The number of rotatable bonds is 5. The van der Waals surface area contributed by atoms with Crippen molar-refractivity contribution < 1.29 is 0 Å². The lowest BCUT2D eigenvalue weighted by Gasteiger charge is -2.39. The second-order valence-electron chi connectivity index (χ2n) is 15.8. The number of pyridine rings is 2. The number of piperidine rings is 2. The second-order valence-corrected chi connectivity index (χ2v) is 17.1. The highest BCUT2D eigenvalue weighted by Crippen LogP contribution is 2.39. The van der Waals surface area contributed by atoms with Crippen molar-refractivity contribution in [2.75, 3.05) is 26.2 Å². The molecule has 2 aliphatic heterocycles. The molecule has 0 bridgehead atoms. The van der Waals surface area contributed by atoms with E-state index in [1.165, 1.54) is 65.7 Å². The van der Waals surface area contributed by atoms with E-state index in [1.807, 2.05) is 67.8 Å². The Labute approximate surface area is 376 Å². The summed E-state index contributed by atoms with van der Waals surface area (Å²) < 4.78 is 4.37. The number of nitrogens with zero attached hydrogens (tertiary/aromatic N) is 7. The fraction of sp³-hybridized carbons (Fsp3) is 0.391. The van der Waals surface area contributed by atoms with Gasteiger partial charge in [-0.25, -0.2) is 9.97 Å². The van der Waals surface area contributed by atoms with Crippen LogP contribution in [0, 0.1) is 11.8 Å². The van der Waals surface area contributed by atoms with E-state index in [9.17, 15) is 0 Å². The van der Waals surface area contributed by atoms with Gasteiger partial charge in [0.15, 0.2) is 0 Å². The Bertz CT molecular complexity index is 2190. The predicted octanol–water partition coefficient (Wildman–Crippen LogP) is 10.4. The highest BCUT2D eigenvalue weighted by Gasteiger charge is 2.33. The van der Waals surface area contributed by atoms with Gasteiger partial charge in [-0.05, 0) is 153 Å². The minimum Gasteiger partial charge on any atom is -0.337 e. The van der Waals surface area contributed by atoms with Crippen LogP contribution in [0.3, 0.4) is 0 Å². The van der Waals surface area contributed by atoms with Gasteiger partial charge in [0.25, 0.3) is 0 Å². The monoisotopic (exact) mass is 892 g/mol. The number of alkyl halides is 1. The largest absolute Gasteiger partial charge is 0.337 e. The summed E-state index contributed by atoms with van der Waals surface area (Å²) in [5.41, 5.74) is 9.93. The molecular weight excluding hydrogens is 842 g/mol. The van der Waals surface area contributed by atoms with Crippen LogP contribution in [0.15, 0.2) is 110 Å². The van der Waals surface area contributed by atoms with E-state index in [-0.39, 0.29) is 36.2 Å². The lowest BCUT2D eigenvalue weighted by molar-refractivity contribution is 0.130. The van der Waals surface area contributed by atoms with Crippen LogP contribution in [0.25, 0.3) is 0 Å². The highest BCUT2D eigenvalue weighted by molar-refractivity contribution is 6.31. The van der Waals surface area contributed by atoms with E-state index in [4.69, 9.17) is 39.8 Å². The number of benzene rings is 2. The molecule has 2 fully saturated rings. The van der Waals surface area contributed by atoms with Gasteiger partial charge in [0.05, 0.1) is 30.1 Å². The van der Waals surface area contributed by atoms with Crippen molar-refractivity contribution in [3.63, 3.8) is 0 Å². The maximum absolute atomic E-state index is 6.53. The summed E-state index contributed by atoms with van der Waals surface area (Å²) in [6.07, 6.45) is 24.5. The van der Waals surface area contributed by atoms with Crippen molar-refractivity contribution in [2.24, 2.45) is 11.8 Å². The molecule has 6 aromatic rings. The lowest BCUT2D eigenvalue weighted by atomic mass is 9.91. The van der Waals surface area contributed by atoms with Crippen LogP contribution in [-0.2, 0) is 38.8 Å². The van der Waals surface area contributed by atoms with Gasteiger partial charge in [-0.1, -0.05) is 47.5 Å². The van der Waals surface area contributed by atoms with Gasteiger partial charge >= 0.3 is 0 Å². The molecule has 0 amide bonds. The average molecular weight is 895 g/mol. The molecule has 4 aliphatic rings. The SMILES string of the molecule is Cl.Cl.Clc1ccc2c(c1)CCc1cccnc1C2Cl.Clc1ccc2c(c1)CCc1cccnc1C2N1CCC[C@H](Cn2ccnc2)C1.c1cn(C[C@H]2CCCNC2)cn1. The van der Waals surface area contributed by atoms with Gasteiger partial charge < -0.3 is 14.5 Å². The normalized spacial score (nSPS) is 20.7. The molecule has 4 aromatic heterocycles. The zero-order valence-corrected chi connectivity index (χ0v) is 37.1. The number of hydrogen-bond acceptors (Lipinski definition) is 6. The molecule has 59 heavy (non-hydrogen) atoms. The molecule has 312 valence electrons. The first-order valence-electron chi connectivity index (χ1n) is 20.4. The summed E-state index contributed by atoms with van der Waals surface area (Å²) in [7, 11) is 0. The topological polar surface area (TPSA) is 76.7 Å². The summed E-state index contributed by atoms with van der Waals surface area (Å²) >= 11 is 18.9. The van der Waals surface area contributed by atoms with E-state index in [0.717, 1.165) is 85.6 Å². The fourth-order valence-electron chi connectivity index (χ4n) is 9.04. The van der Waals surface area contributed by atoms with Gasteiger partial charge in [0.2, 0.25) is 0 Å². The van der Waals surface area contributed by atoms with Crippen molar-refractivity contribution in [1.29, 1.82) is 0 Å². The van der Waals surface area contributed by atoms with Crippen LogP contribution in [0.2, 0.25) is 10.0 Å². The summed E-state index contributed by atoms with van der Waals surface area (Å²) in [5.74, 6) is 1.43. The van der Waals surface area contributed by atoms with Crippen LogP contribution in [-0.4, -0.2) is 60.1 Å². The van der Waals surface area contributed by atoms with Crippen molar-refractivity contribution in [1.82, 2.24) is 39.3 Å². The average Bonchev–Trinajstić information content (AvgIpc) is 3.91. The molecule has 8 nitrogen and oxygen atoms in total. The van der Waals surface area contributed by atoms with Crippen molar-refractivity contribution in [2.45, 2.75) is 75.9 Å². The third-order valence-corrected chi connectivity index (χ3v) is 12.7. The lowest BCUT2D eigenvalue weighted by Crippen LogP contribution is -2.40. The van der Waals surface area contributed by atoms with Crippen LogP contribution >= 0.6 is 59.6 Å². The molecule has 2 aromatic carbocycles. The molecule has 2 saturated heterocycles. The summed E-state index contributed by atoms with van der Waals surface area (Å²) in [6, 6.07) is 20.9. The molecule has 2 unspecified atom stereocenters. The Kier molecular flexibility index (Phi) is 16.7. The Balaban J connectivity index is 0.000000161. The van der Waals surface area contributed by atoms with Gasteiger partial charge in [0.1, 0.15) is 5.38 Å². The highest BCUT2D eigenvalue weighted by atomic mass is 35.5. The van der Waals surface area contributed by atoms with E-state index in [1.54, 1.807) is 6.20 Å². The molecule has 0 radical (unpaired) electrons. The zero-order valence-electron chi connectivity index (χ0n) is 33.2. The van der Waals surface area contributed by atoms with Crippen molar-refractivity contribution in [3.8, 4) is 0 Å². The van der Waals surface area contributed by atoms with Crippen molar-refractivity contribution in [3.05, 3.63) is 165 Å². The number of nitrogens with one attached hydrogen (secondary N) is 1. The summed E-state index contributed by atoms with van der Waals surface area (Å²) in [6.45, 7) is 6.71. The molecule has 4 atom stereocenters. The van der Waals surface area contributed by atoms with Gasteiger partial charge in [-0.2, -0.15) is 0 Å². The minimum absolute atomic E-state index is 0. The second kappa shape index (κ2) is 21.9. The van der Waals surface area contributed by atoms with Gasteiger partial charge in [-0.3, -0.25) is 14.9 Å². The Morgan fingerprint density at radius 3 is 1.85 bits per heavy atom. The van der Waals surface area contributed by atoms with Crippen molar-refractivity contribution >= 4 is 59.6 Å². The number of hydrogen-bond donors (Lipinski definition) is 1. The first-order chi connectivity index (χ1) is 28.0. The smallest absolute Gasteiger partial charge is 0.101 e. The number of aryl methyl sites for hydroxylation is 4. The van der Waals surface area contributed by atoms with Crippen LogP contribution < -0.4 is 5.32 Å². The van der Waals surface area contributed by atoms with E-state index >= 15 is 0 Å². The Hall–Kier alpha value is -3.47. The molecule has 0 spiro atoms. The van der Waals surface area contributed by atoms with Gasteiger partial charge in [-0.15, -0.1) is 36.4 Å². The maximum Gasteiger partial charge on any atom is 0.101 e.